The molecule has 15 heteroatoms. The van der Waals surface area contributed by atoms with E-state index in [1.54, 1.807) is 24.3 Å². The molecule has 0 spiro atoms. The van der Waals surface area contributed by atoms with Crippen LogP contribution in [0.4, 0.5) is 24.5 Å². The first-order valence-electron chi connectivity index (χ1n) is 10.6. The van der Waals surface area contributed by atoms with Crippen LogP contribution in [0.1, 0.15) is 16.2 Å². The molecule has 0 saturated heterocycles. The van der Waals surface area contributed by atoms with E-state index in [4.69, 9.17) is 31.6 Å². The van der Waals surface area contributed by atoms with Gasteiger partial charge in [0.25, 0.3) is 5.69 Å². The number of halogens is 4. The first-order chi connectivity index (χ1) is 18.4. The van der Waals surface area contributed by atoms with Gasteiger partial charge in [-0.25, -0.2) is 14.3 Å². The van der Waals surface area contributed by atoms with Crippen molar-refractivity contribution in [1.29, 1.82) is 0 Å². The lowest BCUT2D eigenvalue weighted by Gasteiger charge is -2.09. The number of anilines is 1. The number of nitrogens with two attached hydrogens (primary N) is 1. The molecule has 0 amide bonds. The van der Waals surface area contributed by atoms with E-state index in [1.807, 2.05) is 0 Å². The molecule has 0 aliphatic heterocycles. The number of nitro benzene ring substituents is 1. The number of fused-ring (bicyclic) bond motifs is 1. The van der Waals surface area contributed by atoms with Gasteiger partial charge in [0, 0.05) is 28.9 Å². The molecular weight excluding hydrogens is 547 g/mol. The number of carbonyl (C=O) groups is 1. The summed E-state index contributed by atoms with van der Waals surface area (Å²) >= 11 is 5.81. The van der Waals surface area contributed by atoms with Gasteiger partial charge >= 0.3 is 12.1 Å². The fourth-order valence-electron chi connectivity index (χ4n) is 3.27. The highest BCUT2D eigenvalue weighted by Gasteiger charge is 2.36. The van der Waals surface area contributed by atoms with Gasteiger partial charge in [0.05, 0.1) is 17.3 Å². The number of ether oxygens (including phenoxy) is 1. The highest BCUT2D eigenvalue weighted by atomic mass is 35.5. The average Bonchev–Trinajstić information content (AvgIpc) is 3.53. The topological polar surface area (TPSA) is 159 Å². The highest BCUT2D eigenvalue weighted by Crippen LogP contribution is 2.32. The Hall–Kier alpha value is -5.11. The number of hydrogen-bond acceptors (Lipinski definition) is 8. The molecule has 11 nitrogen and oxygen atoms in total. The Morgan fingerprint density at radius 3 is 2.49 bits per heavy atom. The summed E-state index contributed by atoms with van der Waals surface area (Å²) in [6.45, 7) is 0. The Kier molecular flexibility index (Phi) is 7.40. The molecule has 0 atom stereocenters. The third-order valence-corrected chi connectivity index (χ3v) is 5.10. The molecule has 2 aromatic carbocycles. The lowest BCUT2D eigenvalue weighted by Crippen LogP contribution is -2.14. The third-order valence-electron chi connectivity index (χ3n) is 4.87. The summed E-state index contributed by atoms with van der Waals surface area (Å²) in [5.41, 5.74) is 3.77. The first-order valence-corrected chi connectivity index (χ1v) is 11.0. The largest absolute Gasteiger partial charge is 0.476 e. The molecule has 0 unspecified atom stereocenters. The Morgan fingerprint density at radius 1 is 1.10 bits per heavy atom. The van der Waals surface area contributed by atoms with Crippen molar-refractivity contribution in [3.05, 3.63) is 99.5 Å². The minimum Gasteiger partial charge on any atom is -0.476 e. The molecule has 3 heterocycles. The van der Waals surface area contributed by atoms with Crippen LogP contribution >= 0.6 is 11.6 Å². The molecule has 0 fully saturated rings. The molecule has 0 saturated carbocycles. The van der Waals surface area contributed by atoms with Crippen LogP contribution in [-0.4, -0.2) is 30.6 Å². The quantitative estimate of drug-likeness (QED) is 0.142. The molecule has 39 heavy (non-hydrogen) atoms. The monoisotopic (exact) mass is 561 g/mol. The summed E-state index contributed by atoms with van der Waals surface area (Å²) in [6, 6.07) is 15.5. The maximum Gasteiger partial charge on any atom is 0.433 e. The van der Waals surface area contributed by atoms with E-state index in [-0.39, 0.29) is 28.5 Å². The molecule has 5 rings (SSSR count). The number of rotatable bonds is 5. The zero-order valence-corrected chi connectivity index (χ0v) is 20.1. The van der Waals surface area contributed by atoms with Crippen LogP contribution in [0.2, 0.25) is 5.02 Å². The van der Waals surface area contributed by atoms with Crippen molar-refractivity contribution < 1.29 is 37.1 Å². The number of aromatic nitrogens is 3. The van der Waals surface area contributed by atoms with Crippen molar-refractivity contribution >= 4 is 34.6 Å². The third kappa shape index (κ3) is 6.42. The second kappa shape index (κ2) is 10.7. The summed E-state index contributed by atoms with van der Waals surface area (Å²) in [5, 5.41) is 23.4. The molecule has 3 aromatic heterocycles. The van der Waals surface area contributed by atoms with Crippen LogP contribution in [0.25, 0.3) is 17.1 Å². The van der Waals surface area contributed by atoms with E-state index in [1.165, 1.54) is 36.6 Å². The minimum atomic E-state index is -4.72. The molecule has 0 radical (unpaired) electrons. The van der Waals surface area contributed by atoms with Crippen molar-refractivity contribution in [2.45, 2.75) is 6.18 Å². The van der Waals surface area contributed by atoms with Gasteiger partial charge in [0.1, 0.15) is 17.2 Å². The molecule has 3 N–H and O–H groups in total. The summed E-state index contributed by atoms with van der Waals surface area (Å²) in [4.78, 5) is 24.9. The van der Waals surface area contributed by atoms with Crippen LogP contribution in [0.3, 0.4) is 0 Å². The number of alkyl halides is 3. The number of carboxylic acids is 1. The van der Waals surface area contributed by atoms with Crippen LogP contribution in [0.5, 0.6) is 11.5 Å². The molecule has 0 bridgehead atoms. The zero-order valence-electron chi connectivity index (χ0n) is 19.3. The van der Waals surface area contributed by atoms with E-state index in [0.29, 0.717) is 21.0 Å². The maximum absolute atomic E-state index is 13.1. The Labute approximate surface area is 221 Å². The summed E-state index contributed by atoms with van der Waals surface area (Å²) in [5.74, 6) is -0.513. The van der Waals surface area contributed by atoms with Crippen molar-refractivity contribution in [2.75, 3.05) is 5.73 Å². The summed E-state index contributed by atoms with van der Waals surface area (Å²) in [6.07, 6.45) is -3.42. The number of carboxylic acid groups (broad SMARTS) is 1. The first kappa shape index (κ1) is 26.9. The van der Waals surface area contributed by atoms with Crippen LogP contribution in [0, 0.1) is 10.1 Å². The van der Waals surface area contributed by atoms with Crippen molar-refractivity contribution in [3.8, 4) is 23.0 Å². The number of nitrogen functional groups attached to an aromatic ring is 1. The molecule has 0 aliphatic carbocycles. The molecular formula is C24H15ClF3N5O6. The van der Waals surface area contributed by atoms with Crippen LogP contribution in [-0.2, 0) is 6.18 Å². The lowest BCUT2D eigenvalue weighted by molar-refractivity contribution is -0.384. The van der Waals surface area contributed by atoms with Gasteiger partial charge in [-0.05, 0) is 36.4 Å². The van der Waals surface area contributed by atoms with Crippen molar-refractivity contribution in [2.24, 2.45) is 0 Å². The second-order valence-electron chi connectivity index (χ2n) is 7.68. The van der Waals surface area contributed by atoms with Gasteiger partial charge in [-0.1, -0.05) is 17.7 Å². The van der Waals surface area contributed by atoms with Gasteiger partial charge in [0.15, 0.2) is 22.8 Å². The van der Waals surface area contributed by atoms with E-state index in [0.717, 1.165) is 12.1 Å². The van der Waals surface area contributed by atoms with E-state index >= 15 is 0 Å². The molecule has 0 aliphatic rings. The van der Waals surface area contributed by atoms with Gasteiger partial charge < -0.3 is 20.0 Å². The van der Waals surface area contributed by atoms with Crippen LogP contribution < -0.4 is 10.5 Å². The number of hydrogen-bond donors (Lipinski definition) is 2. The Balaban J connectivity index is 0.000000183. The second-order valence-corrected chi connectivity index (χ2v) is 8.12. The average molecular weight is 562 g/mol. The van der Waals surface area contributed by atoms with E-state index in [2.05, 4.69) is 10.1 Å². The smallest absolute Gasteiger partial charge is 0.433 e. The number of non-ortho nitro benzene ring substituents is 1. The number of aromatic carboxylic acids is 1. The summed E-state index contributed by atoms with van der Waals surface area (Å²) in [7, 11) is 0. The van der Waals surface area contributed by atoms with Gasteiger partial charge in [-0.3, -0.25) is 10.1 Å². The van der Waals surface area contributed by atoms with E-state index in [9.17, 15) is 28.1 Å². The van der Waals surface area contributed by atoms with Crippen LogP contribution in [0.15, 0.2) is 77.4 Å². The number of benzene rings is 2. The van der Waals surface area contributed by atoms with Gasteiger partial charge in [0.2, 0.25) is 0 Å². The van der Waals surface area contributed by atoms with Gasteiger partial charge in [-0.2, -0.15) is 18.3 Å². The van der Waals surface area contributed by atoms with E-state index < -0.39 is 28.5 Å². The number of nitrogens with zero attached hydrogens (tertiary/aromatic N) is 4. The predicted molar refractivity (Wildman–Crippen MR) is 132 cm³/mol. The summed E-state index contributed by atoms with van der Waals surface area (Å²) < 4.78 is 50.2. The van der Waals surface area contributed by atoms with Crippen molar-refractivity contribution in [3.63, 3.8) is 0 Å². The highest BCUT2D eigenvalue weighted by molar-refractivity contribution is 6.30. The lowest BCUT2D eigenvalue weighted by atomic mass is 10.2. The molecule has 5 aromatic rings. The SMILES string of the molecule is Nc1cc(Oc2cccc(Cl)c2)cc([N+](=O)[O-])c1.O=C(O)c1cc2nc(-c3ccco3)cc(C(F)(F)F)n2n1. The maximum atomic E-state index is 13.1. The Bertz CT molecular complexity index is 1670. The predicted octanol–water partition coefficient (Wildman–Crippen LogP) is 6.33. The van der Waals surface area contributed by atoms with Crippen molar-refractivity contribution in [1.82, 2.24) is 14.6 Å². The standard InChI is InChI=1S/C12H9ClN2O3.C12H6F3N3O3/c13-8-2-1-3-11(4-8)18-12-6-9(14)5-10(7-12)15(16)17;13-12(14,15)9-4-6(8-2-1-3-21-8)16-10-5-7(11(19)20)17-18(9)10/h1-7H,14H2;1-5H,(H,19,20). The zero-order chi connectivity index (χ0) is 28.3. The fourth-order valence-corrected chi connectivity index (χ4v) is 3.45. The van der Waals surface area contributed by atoms with Gasteiger partial charge in [-0.15, -0.1) is 0 Å². The number of nitro groups is 1. The normalized spacial score (nSPS) is 11.1. The number of furan rings is 1. The molecule has 200 valence electrons. The fraction of sp³-hybridized carbons (Fsp3) is 0.0417. The minimum absolute atomic E-state index is 0.0586. The Morgan fingerprint density at radius 2 is 1.87 bits per heavy atom.